The quantitative estimate of drug-likeness (QED) is 0.564. The lowest BCUT2D eigenvalue weighted by Gasteiger charge is -2.02. The minimum absolute atomic E-state index is 0.208. The zero-order valence-electron chi connectivity index (χ0n) is 7.55. The van der Waals surface area contributed by atoms with Crippen molar-refractivity contribution in [2.45, 2.75) is 33.6 Å². The minimum atomic E-state index is 0.208. The molecule has 0 atom stereocenters. The molecule has 62 valence electrons. The Morgan fingerprint density at radius 3 is 2.36 bits per heavy atom. The highest BCUT2D eigenvalue weighted by Crippen LogP contribution is 2.11. The van der Waals surface area contributed by atoms with Crippen LogP contribution in [0.1, 0.15) is 33.6 Å². The van der Waals surface area contributed by atoms with Gasteiger partial charge in [0.15, 0.2) is 5.78 Å². The van der Waals surface area contributed by atoms with E-state index >= 15 is 0 Å². The fourth-order valence-electron chi connectivity index (χ4n) is 0.896. The van der Waals surface area contributed by atoms with E-state index in [9.17, 15) is 4.79 Å². The van der Waals surface area contributed by atoms with E-state index in [2.05, 4.69) is 6.08 Å². The van der Waals surface area contributed by atoms with Crippen LogP contribution in [0, 0.1) is 0 Å². The van der Waals surface area contributed by atoms with Gasteiger partial charge in [-0.2, -0.15) is 0 Å². The van der Waals surface area contributed by atoms with Gasteiger partial charge in [0.1, 0.15) is 0 Å². The van der Waals surface area contributed by atoms with Crippen LogP contribution in [0.5, 0.6) is 0 Å². The summed E-state index contributed by atoms with van der Waals surface area (Å²) in [5, 5.41) is 0. The topological polar surface area (TPSA) is 17.1 Å². The zero-order chi connectivity index (χ0) is 8.69. The van der Waals surface area contributed by atoms with E-state index in [1.54, 1.807) is 6.92 Å². The second-order valence-corrected chi connectivity index (χ2v) is 2.21. The van der Waals surface area contributed by atoms with Gasteiger partial charge in [-0.1, -0.05) is 32.1 Å². The van der Waals surface area contributed by atoms with Gasteiger partial charge < -0.3 is 0 Å². The molecule has 0 aliphatic heterocycles. The number of carbonyl (C=O) groups excluding carboxylic acids is 1. The molecular weight excluding hydrogens is 136 g/mol. The smallest absolute Gasteiger partial charge is 0.155 e. The highest BCUT2D eigenvalue weighted by atomic mass is 16.1. The average Bonchev–Trinajstić information content (AvgIpc) is 2.10. The number of ketones is 1. The summed E-state index contributed by atoms with van der Waals surface area (Å²) in [6.45, 7) is 5.62. The summed E-state index contributed by atoms with van der Waals surface area (Å²) in [5.74, 6) is 0.208. The molecule has 1 heteroatoms. The fraction of sp³-hybridized carbons (Fsp3) is 0.500. The van der Waals surface area contributed by atoms with E-state index in [1.807, 2.05) is 26.0 Å². The molecule has 0 amide bonds. The molecule has 0 N–H and O–H groups in total. The number of rotatable bonds is 1. The van der Waals surface area contributed by atoms with Crippen LogP contribution in [0.15, 0.2) is 23.8 Å². The largest absolute Gasteiger partial charge is 0.295 e. The minimum Gasteiger partial charge on any atom is -0.295 e. The van der Waals surface area contributed by atoms with E-state index in [-0.39, 0.29) is 5.78 Å². The van der Waals surface area contributed by atoms with Crippen LogP contribution in [-0.2, 0) is 4.79 Å². The molecule has 1 rings (SSSR count). The first-order valence-electron chi connectivity index (χ1n) is 4.17. The molecule has 0 aromatic heterocycles. The Morgan fingerprint density at radius 2 is 2.09 bits per heavy atom. The van der Waals surface area contributed by atoms with Gasteiger partial charge in [0.05, 0.1) is 0 Å². The van der Waals surface area contributed by atoms with Crippen LogP contribution in [0.3, 0.4) is 0 Å². The number of hydrogen-bond donors (Lipinski definition) is 0. The molecule has 0 aromatic rings. The molecule has 1 aliphatic rings. The SMILES string of the molecule is CC.CC(=O)C1=CC=CCC1. The lowest BCUT2D eigenvalue weighted by atomic mass is 10.0. The van der Waals surface area contributed by atoms with Crippen molar-refractivity contribution in [1.29, 1.82) is 0 Å². The maximum Gasteiger partial charge on any atom is 0.155 e. The molecule has 0 unspecified atom stereocenters. The van der Waals surface area contributed by atoms with Crippen LogP contribution in [0.25, 0.3) is 0 Å². The van der Waals surface area contributed by atoms with E-state index in [0.29, 0.717) is 0 Å². The van der Waals surface area contributed by atoms with Gasteiger partial charge in [0.25, 0.3) is 0 Å². The van der Waals surface area contributed by atoms with E-state index in [4.69, 9.17) is 0 Å². The van der Waals surface area contributed by atoms with E-state index < -0.39 is 0 Å². The van der Waals surface area contributed by atoms with Gasteiger partial charge in [0.2, 0.25) is 0 Å². The van der Waals surface area contributed by atoms with Crippen LogP contribution in [0.2, 0.25) is 0 Å². The van der Waals surface area contributed by atoms with Gasteiger partial charge >= 0.3 is 0 Å². The van der Waals surface area contributed by atoms with E-state index in [1.165, 1.54) is 0 Å². The highest BCUT2D eigenvalue weighted by molar-refractivity contribution is 5.93. The summed E-state index contributed by atoms with van der Waals surface area (Å²) in [4.78, 5) is 10.7. The summed E-state index contributed by atoms with van der Waals surface area (Å²) < 4.78 is 0. The maximum atomic E-state index is 10.7. The fourth-order valence-corrected chi connectivity index (χ4v) is 0.896. The third kappa shape index (κ3) is 3.76. The van der Waals surface area contributed by atoms with Crippen molar-refractivity contribution in [1.82, 2.24) is 0 Å². The number of Topliss-reactive ketones (excluding diaryl/α,β-unsaturated/α-hetero) is 1. The van der Waals surface area contributed by atoms with Crippen molar-refractivity contribution in [2.75, 3.05) is 0 Å². The maximum absolute atomic E-state index is 10.7. The summed E-state index contributed by atoms with van der Waals surface area (Å²) in [5.41, 5.74) is 0.956. The third-order valence-electron chi connectivity index (χ3n) is 1.47. The molecular formula is C10H16O. The summed E-state index contributed by atoms with van der Waals surface area (Å²) >= 11 is 0. The van der Waals surface area contributed by atoms with Crippen molar-refractivity contribution in [3.63, 3.8) is 0 Å². The average molecular weight is 152 g/mol. The molecule has 11 heavy (non-hydrogen) atoms. The van der Waals surface area contributed by atoms with Crippen LogP contribution < -0.4 is 0 Å². The molecule has 0 saturated carbocycles. The monoisotopic (exact) mass is 152 g/mol. The Morgan fingerprint density at radius 1 is 1.45 bits per heavy atom. The molecule has 0 spiro atoms. The Labute approximate surface area is 68.8 Å². The second kappa shape index (κ2) is 5.90. The molecule has 0 bridgehead atoms. The second-order valence-electron chi connectivity index (χ2n) is 2.21. The first-order valence-corrected chi connectivity index (χ1v) is 4.17. The standard InChI is InChI=1S/C8H10O.C2H6/c1-7(9)8-5-3-2-4-6-8;1-2/h2-3,5H,4,6H2,1H3;1-2H3. The van der Waals surface area contributed by atoms with Gasteiger partial charge in [-0.05, 0) is 25.3 Å². The third-order valence-corrected chi connectivity index (χ3v) is 1.47. The van der Waals surface area contributed by atoms with Gasteiger partial charge in [0, 0.05) is 0 Å². The lowest BCUT2D eigenvalue weighted by Crippen LogP contribution is -1.97. The molecule has 1 nitrogen and oxygen atoms in total. The Balaban J connectivity index is 0.000000461. The molecule has 0 saturated heterocycles. The van der Waals surface area contributed by atoms with Gasteiger partial charge in [-0.15, -0.1) is 0 Å². The number of hydrogen-bond acceptors (Lipinski definition) is 1. The van der Waals surface area contributed by atoms with Crippen LogP contribution in [0.4, 0.5) is 0 Å². The summed E-state index contributed by atoms with van der Waals surface area (Å²) in [7, 11) is 0. The first-order chi connectivity index (χ1) is 5.30. The Hall–Kier alpha value is -0.850. The molecule has 0 fully saturated rings. The summed E-state index contributed by atoms with van der Waals surface area (Å²) in [6, 6.07) is 0. The van der Waals surface area contributed by atoms with Crippen molar-refractivity contribution in [3.05, 3.63) is 23.8 Å². The molecule has 0 radical (unpaired) electrons. The van der Waals surface area contributed by atoms with Crippen molar-refractivity contribution in [2.24, 2.45) is 0 Å². The molecule has 0 heterocycles. The van der Waals surface area contributed by atoms with Gasteiger partial charge in [-0.25, -0.2) is 0 Å². The Kier molecular flexibility index (Phi) is 5.44. The van der Waals surface area contributed by atoms with Crippen LogP contribution >= 0.6 is 0 Å². The first kappa shape index (κ1) is 10.2. The van der Waals surface area contributed by atoms with Crippen molar-refractivity contribution >= 4 is 5.78 Å². The molecule has 1 aliphatic carbocycles. The molecule has 0 aromatic carbocycles. The zero-order valence-corrected chi connectivity index (χ0v) is 7.55. The van der Waals surface area contributed by atoms with Crippen LogP contribution in [-0.4, -0.2) is 5.78 Å². The number of carbonyl (C=O) groups is 1. The predicted molar refractivity (Wildman–Crippen MR) is 48.5 cm³/mol. The van der Waals surface area contributed by atoms with E-state index in [0.717, 1.165) is 18.4 Å². The lowest BCUT2D eigenvalue weighted by molar-refractivity contribution is -0.113. The van der Waals surface area contributed by atoms with Crippen molar-refractivity contribution < 1.29 is 4.79 Å². The predicted octanol–water partition coefficient (Wildman–Crippen LogP) is 2.88. The summed E-state index contributed by atoms with van der Waals surface area (Å²) in [6.07, 6.45) is 7.86. The normalized spacial score (nSPS) is 14.6. The Bertz CT molecular complexity index is 175. The van der Waals surface area contributed by atoms with Crippen molar-refractivity contribution in [3.8, 4) is 0 Å². The van der Waals surface area contributed by atoms with Gasteiger partial charge in [-0.3, -0.25) is 4.79 Å². The number of allylic oxidation sites excluding steroid dienone is 4. The highest BCUT2D eigenvalue weighted by Gasteiger charge is 2.02.